The van der Waals surface area contributed by atoms with Crippen molar-refractivity contribution in [1.29, 1.82) is 0 Å². The van der Waals surface area contributed by atoms with Crippen molar-refractivity contribution in [1.82, 2.24) is 9.97 Å². The second-order valence-corrected chi connectivity index (χ2v) is 12.6. The molecule has 0 fully saturated rings. The van der Waals surface area contributed by atoms with Gasteiger partial charge in [0.1, 0.15) is 64.7 Å². The molecule has 2 aliphatic rings. The molecule has 13 heteroatoms. The van der Waals surface area contributed by atoms with E-state index >= 15 is 0 Å². The van der Waals surface area contributed by atoms with Crippen LogP contribution in [0.15, 0.2) is 66.7 Å². The van der Waals surface area contributed by atoms with Gasteiger partial charge < -0.3 is 5.11 Å². The third-order valence-electron chi connectivity index (χ3n) is 9.54. The van der Waals surface area contributed by atoms with Crippen molar-refractivity contribution in [3.8, 4) is 5.75 Å². The lowest BCUT2D eigenvalue weighted by molar-refractivity contribution is 0.0872. The van der Waals surface area contributed by atoms with Gasteiger partial charge >= 0.3 is 0 Å². The van der Waals surface area contributed by atoms with E-state index in [9.17, 15) is 24.3 Å². The van der Waals surface area contributed by atoms with Crippen LogP contribution in [0, 0.1) is 0 Å². The van der Waals surface area contributed by atoms with E-state index in [4.69, 9.17) is 47.1 Å². The highest BCUT2D eigenvalue weighted by atomic mass is 16.3. The summed E-state index contributed by atoms with van der Waals surface area (Å²) in [7, 11) is 36.9. The molecule has 7 nitrogen and oxygen atoms in total. The number of Topliss-reactive ketones (excluding diaryl/α,β-unsaturated/α-hetero) is 4. The number of carbonyl (C=O) groups is 4. The molecule has 2 atom stereocenters. The van der Waals surface area contributed by atoms with Crippen LogP contribution in [-0.4, -0.2) is 85.3 Å². The highest BCUT2D eigenvalue weighted by Crippen LogP contribution is 2.37. The predicted octanol–water partition coefficient (Wildman–Crippen LogP) is -0.832. The minimum absolute atomic E-state index is 0.0300. The van der Waals surface area contributed by atoms with Gasteiger partial charge in [0.25, 0.3) is 0 Å². The van der Waals surface area contributed by atoms with Gasteiger partial charge in [-0.3, -0.25) is 29.1 Å². The molecule has 12 radical (unpaired) electrons. The van der Waals surface area contributed by atoms with Crippen LogP contribution in [0.1, 0.15) is 75.8 Å². The largest absolute Gasteiger partial charge is 0.507 e. The molecule has 0 saturated heterocycles. The van der Waals surface area contributed by atoms with Crippen molar-refractivity contribution in [2.24, 2.45) is 0 Å². The number of fused-ring (bicyclic) bond motifs is 4. The van der Waals surface area contributed by atoms with Crippen molar-refractivity contribution in [3.05, 3.63) is 111 Å². The van der Waals surface area contributed by atoms with Gasteiger partial charge in [-0.05, 0) is 47.7 Å². The number of carbonyl (C=O) groups excluding carboxylic acids is 4. The molecule has 0 saturated carbocycles. The summed E-state index contributed by atoms with van der Waals surface area (Å²) in [5, 5.41) is 11.6. The van der Waals surface area contributed by atoms with Crippen LogP contribution in [0.5, 0.6) is 5.75 Å². The lowest BCUT2D eigenvalue weighted by Crippen LogP contribution is -2.36. The molecule has 1 N–H and O–H groups in total. The average Bonchev–Trinajstić information content (AvgIpc) is 3.49. The second kappa shape index (κ2) is 11.3. The molecule has 0 bridgehead atoms. The summed E-state index contributed by atoms with van der Waals surface area (Å²) >= 11 is 0. The Labute approximate surface area is 293 Å². The van der Waals surface area contributed by atoms with Gasteiger partial charge in [-0.1, -0.05) is 69.3 Å². The number of hydrogen-bond acceptors (Lipinski definition) is 7. The number of phenolic OH excluding ortho intramolecular Hbond substituents is 1. The third kappa shape index (κ3) is 4.67. The Morgan fingerprint density at radius 1 is 0.600 bits per heavy atom. The number of hydrogen-bond donors (Lipinski definition) is 1. The van der Waals surface area contributed by atoms with E-state index < -0.39 is 35.0 Å². The first kappa shape index (κ1) is 31.8. The molecule has 2 unspecified atom stereocenters. The molecule has 0 amide bonds. The monoisotopic (exact) mass is 634 g/mol. The zero-order valence-corrected chi connectivity index (χ0v) is 26.2. The van der Waals surface area contributed by atoms with Crippen molar-refractivity contribution >= 4 is 125 Å². The Hall–Kier alpha value is -5.43. The Morgan fingerprint density at radius 3 is 2.06 bits per heavy atom. The lowest BCUT2D eigenvalue weighted by atomic mass is 9.72. The molecule has 6 aromatic rings. The van der Waals surface area contributed by atoms with Gasteiger partial charge in [0.05, 0.1) is 28.0 Å². The summed E-state index contributed by atoms with van der Waals surface area (Å²) in [5.74, 6) is -4.82. The summed E-state index contributed by atoms with van der Waals surface area (Å²) in [5.41, 5.74) is 4.21. The fraction of sp³-hybridized carbons (Fsp3) is 0.0811. The highest BCUT2D eigenvalue weighted by molar-refractivity contribution is 6.56. The van der Waals surface area contributed by atoms with Crippen LogP contribution in [0.3, 0.4) is 0 Å². The van der Waals surface area contributed by atoms with Gasteiger partial charge in [-0.25, -0.2) is 0 Å². The normalized spacial score (nSPS) is 16.8. The van der Waals surface area contributed by atoms with E-state index in [0.29, 0.717) is 33.8 Å². The van der Waals surface area contributed by atoms with Gasteiger partial charge in [0.2, 0.25) is 0 Å². The zero-order valence-electron chi connectivity index (χ0n) is 26.2. The number of aromatic nitrogens is 2. The Balaban J connectivity index is 1.08. The number of aromatic hydroxyl groups is 1. The van der Waals surface area contributed by atoms with Crippen LogP contribution >= 0.6 is 0 Å². The third-order valence-corrected chi connectivity index (χ3v) is 9.54. The van der Waals surface area contributed by atoms with E-state index in [1.807, 2.05) is 12.1 Å². The number of benzene rings is 4. The first-order valence-electron chi connectivity index (χ1n) is 15.5. The molecule has 2 heterocycles. The van der Waals surface area contributed by atoms with Crippen LogP contribution in [0.25, 0.3) is 21.8 Å². The Morgan fingerprint density at radius 2 is 1.28 bits per heavy atom. The van der Waals surface area contributed by atoms with Crippen LogP contribution < -0.4 is 32.8 Å². The van der Waals surface area contributed by atoms with Crippen LogP contribution in [0.2, 0.25) is 0 Å². The zero-order chi connectivity index (χ0) is 35.3. The quantitative estimate of drug-likeness (QED) is 0.199. The molecule has 0 aliphatic heterocycles. The highest BCUT2D eigenvalue weighted by Gasteiger charge is 2.43. The van der Waals surface area contributed by atoms with E-state index in [0.717, 1.165) is 16.5 Å². The molecule has 0 spiro atoms. The topological polar surface area (TPSA) is 114 Å². The smallest absolute Gasteiger partial charge is 0.184 e. The summed E-state index contributed by atoms with van der Waals surface area (Å²) < 4.78 is 0. The number of phenols is 1. The van der Waals surface area contributed by atoms with E-state index in [1.165, 1.54) is 18.2 Å². The Bertz CT molecular complexity index is 2610. The maximum atomic E-state index is 13.3. The standard InChI is InChI=1S/C37H16B6N2O5/c38-16-10-18-26(25(46)11-16)35(48)28(34(18)47)24-6-3-17-31(42)15(9-21(41)33(17)45-24)8-13-1-4-22-14(7-13)2-5-23(44-22)29-36(49)27-19(39)12-20(40)32(43)30(27)37(29)50/h1-7,9-12,28-29,46H,8H2. The first-order valence-corrected chi connectivity index (χ1v) is 15.5. The van der Waals surface area contributed by atoms with Crippen LogP contribution in [0.4, 0.5) is 0 Å². The number of pyridine rings is 2. The fourth-order valence-corrected chi connectivity index (χ4v) is 7.13. The lowest BCUT2D eigenvalue weighted by Gasteiger charge is -2.15. The van der Waals surface area contributed by atoms with Crippen LogP contribution in [-0.2, 0) is 6.42 Å². The van der Waals surface area contributed by atoms with Crippen molar-refractivity contribution in [3.63, 3.8) is 0 Å². The maximum absolute atomic E-state index is 13.3. The summed E-state index contributed by atoms with van der Waals surface area (Å²) in [4.78, 5) is 62.3. The van der Waals surface area contributed by atoms with Gasteiger partial charge in [0.15, 0.2) is 23.1 Å². The number of rotatable bonds is 4. The Kier molecular flexibility index (Phi) is 7.19. The second-order valence-electron chi connectivity index (χ2n) is 12.6. The van der Waals surface area contributed by atoms with E-state index in [2.05, 4.69) is 9.97 Å². The number of ketones is 4. The van der Waals surface area contributed by atoms with Gasteiger partial charge in [-0.15, -0.1) is 5.46 Å². The minimum Gasteiger partial charge on any atom is -0.507 e. The summed E-state index contributed by atoms with van der Waals surface area (Å²) in [6, 6.07) is 17.9. The maximum Gasteiger partial charge on any atom is 0.184 e. The van der Waals surface area contributed by atoms with E-state index in [1.54, 1.807) is 36.4 Å². The molecular weight excluding hydrogens is 617 g/mol. The first-order chi connectivity index (χ1) is 23.8. The molecule has 222 valence electrons. The molecule has 50 heavy (non-hydrogen) atoms. The van der Waals surface area contributed by atoms with Crippen molar-refractivity contribution < 1.29 is 24.3 Å². The summed E-state index contributed by atoms with van der Waals surface area (Å²) in [6.07, 6.45) is 0.399. The van der Waals surface area contributed by atoms with E-state index in [-0.39, 0.29) is 61.2 Å². The van der Waals surface area contributed by atoms with Gasteiger partial charge in [0, 0.05) is 22.1 Å². The molecule has 2 aromatic heterocycles. The average molecular weight is 633 g/mol. The molecule has 8 rings (SSSR count). The van der Waals surface area contributed by atoms with Crippen molar-refractivity contribution in [2.45, 2.75) is 18.3 Å². The minimum atomic E-state index is -1.25. The molecular formula is C37H16B6N2O5. The number of nitrogens with zero attached hydrogens (tertiary/aromatic N) is 2. The summed E-state index contributed by atoms with van der Waals surface area (Å²) in [6.45, 7) is 0. The fourth-order valence-electron chi connectivity index (χ4n) is 7.13. The molecule has 2 aliphatic carbocycles. The van der Waals surface area contributed by atoms with Crippen molar-refractivity contribution in [2.75, 3.05) is 0 Å². The van der Waals surface area contributed by atoms with Gasteiger partial charge in [-0.2, -0.15) is 0 Å². The molecule has 4 aromatic carbocycles. The predicted molar refractivity (Wildman–Crippen MR) is 196 cm³/mol. The SMILES string of the molecule is [B]c1cc(O)c2c(c1)C(=O)C(c1ccc3c([B])c(Cc4ccc5nc(C6C(=O)c7c([B])cc([B])c([B])c7C6=O)ccc5c4)cc([B])c3n1)C2=O.